The molecule has 0 aliphatic heterocycles. The average molecular weight is 422 g/mol. The number of guanidine groups is 1. The lowest BCUT2D eigenvalue weighted by molar-refractivity contribution is -0.306. The van der Waals surface area contributed by atoms with E-state index < -0.39 is 12.0 Å². The maximum Gasteiger partial charge on any atom is 0.251 e. The molecule has 0 radical (unpaired) electrons. The summed E-state index contributed by atoms with van der Waals surface area (Å²) in [6, 6.07) is 15.2. The second-order valence-corrected chi connectivity index (χ2v) is 7.52. The highest BCUT2D eigenvalue weighted by Crippen LogP contribution is 2.34. The molecular weight excluding hydrogens is 402 g/mol. The number of aryl methyl sites for hydroxylation is 1. The highest BCUT2D eigenvalue weighted by atomic mass is 32.1. The van der Waals surface area contributed by atoms with Crippen LogP contribution in [0.15, 0.2) is 59.6 Å². The van der Waals surface area contributed by atoms with Gasteiger partial charge in [-0.3, -0.25) is 4.79 Å². The van der Waals surface area contributed by atoms with Crippen molar-refractivity contribution in [2.24, 2.45) is 16.5 Å². The number of benzene rings is 2. The van der Waals surface area contributed by atoms with E-state index in [1.54, 1.807) is 48.5 Å². The first-order chi connectivity index (χ1) is 14.3. The van der Waals surface area contributed by atoms with Gasteiger partial charge in [-0.05, 0) is 30.2 Å². The molecular formula is C21H20N5O3S-. The van der Waals surface area contributed by atoms with Crippen LogP contribution in [0.3, 0.4) is 0 Å². The van der Waals surface area contributed by atoms with Crippen LogP contribution < -0.4 is 21.9 Å². The first-order valence-corrected chi connectivity index (χ1v) is 9.88. The van der Waals surface area contributed by atoms with Crippen molar-refractivity contribution >= 4 is 34.3 Å². The van der Waals surface area contributed by atoms with E-state index in [0.29, 0.717) is 16.3 Å². The minimum atomic E-state index is -1.24. The number of carboxylic acid groups (broad SMARTS) is 1. The molecule has 1 unspecified atom stereocenters. The Labute approximate surface area is 177 Å². The van der Waals surface area contributed by atoms with Crippen molar-refractivity contribution in [2.75, 3.05) is 0 Å². The molecule has 30 heavy (non-hydrogen) atoms. The fourth-order valence-corrected chi connectivity index (χ4v) is 3.89. The Hall–Kier alpha value is -3.72. The summed E-state index contributed by atoms with van der Waals surface area (Å²) in [7, 11) is 0. The van der Waals surface area contributed by atoms with Gasteiger partial charge >= 0.3 is 0 Å². The highest BCUT2D eigenvalue weighted by molar-refractivity contribution is 7.18. The predicted molar refractivity (Wildman–Crippen MR) is 114 cm³/mol. The third-order valence-corrected chi connectivity index (χ3v) is 5.40. The molecule has 0 saturated heterocycles. The number of aliphatic carboxylic acids is 1. The number of carbonyl (C=O) groups is 2. The number of aromatic nitrogens is 1. The van der Waals surface area contributed by atoms with Gasteiger partial charge in [0.05, 0.1) is 16.6 Å². The molecule has 1 heterocycles. The van der Waals surface area contributed by atoms with Crippen LogP contribution in [0, 0.1) is 6.92 Å². The van der Waals surface area contributed by atoms with E-state index >= 15 is 0 Å². The molecule has 8 nitrogen and oxygen atoms in total. The van der Waals surface area contributed by atoms with Crippen molar-refractivity contribution in [3.63, 3.8) is 0 Å². The third kappa shape index (κ3) is 5.21. The van der Waals surface area contributed by atoms with Crippen molar-refractivity contribution in [3.05, 3.63) is 71.4 Å². The van der Waals surface area contributed by atoms with Crippen LogP contribution in [-0.2, 0) is 4.79 Å². The molecule has 1 atom stereocenters. The zero-order valence-corrected chi connectivity index (χ0v) is 17.0. The van der Waals surface area contributed by atoms with Crippen LogP contribution >= 0.6 is 11.3 Å². The first kappa shape index (κ1) is 21.0. The van der Waals surface area contributed by atoms with Gasteiger partial charge in [0.15, 0.2) is 5.96 Å². The van der Waals surface area contributed by atoms with E-state index in [9.17, 15) is 14.7 Å². The van der Waals surface area contributed by atoms with Crippen molar-refractivity contribution in [1.82, 2.24) is 10.3 Å². The number of hydrogen-bond acceptors (Lipinski definition) is 6. The molecule has 3 aromatic rings. The SMILES string of the molecule is Cc1nc(N=C(N)N)sc1-c1ccc(C(=O)NC(CC(=O)[O-])c2ccccc2)cc1. The smallest absolute Gasteiger partial charge is 0.251 e. The number of carbonyl (C=O) groups excluding carboxylic acids is 2. The Kier molecular flexibility index (Phi) is 6.43. The Morgan fingerprint density at radius 3 is 2.40 bits per heavy atom. The van der Waals surface area contributed by atoms with E-state index in [4.69, 9.17) is 11.5 Å². The zero-order valence-electron chi connectivity index (χ0n) is 16.2. The molecule has 0 aliphatic carbocycles. The number of rotatable bonds is 7. The molecule has 1 amide bonds. The van der Waals surface area contributed by atoms with Gasteiger partial charge in [0.1, 0.15) is 0 Å². The number of aliphatic imine (C=N–C) groups is 1. The van der Waals surface area contributed by atoms with Crippen molar-refractivity contribution < 1.29 is 14.7 Å². The van der Waals surface area contributed by atoms with E-state index in [2.05, 4.69) is 15.3 Å². The maximum absolute atomic E-state index is 12.7. The number of nitrogens with two attached hydrogens (primary N) is 2. The van der Waals surface area contributed by atoms with E-state index in [1.807, 2.05) is 13.0 Å². The summed E-state index contributed by atoms with van der Waals surface area (Å²) in [6.45, 7) is 1.85. The number of nitrogens with one attached hydrogen (secondary N) is 1. The third-order valence-electron chi connectivity index (χ3n) is 4.30. The van der Waals surface area contributed by atoms with Crippen molar-refractivity contribution in [2.45, 2.75) is 19.4 Å². The van der Waals surface area contributed by atoms with Gasteiger partial charge in [0, 0.05) is 18.0 Å². The van der Waals surface area contributed by atoms with Gasteiger partial charge in [0.2, 0.25) is 5.13 Å². The van der Waals surface area contributed by atoms with Crippen LogP contribution in [0.1, 0.15) is 34.1 Å². The topological polar surface area (TPSA) is 147 Å². The summed E-state index contributed by atoms with van der Waals surface area (Å²) < 4.78 is 0. The normalized spacial score (nSPS) is 11.5. The summed E-state index contributed by atoms with van der Waals surface area (Å²) in [6.07, 6.45) is -0.318. The zero-order chi connectivity index (χ0) is 21.7. The van der Waals surface area contributed by atoms with Crippen molar-refractivity contribution in [3.8, 4) is 10.4 Å². The monoisotopic (exact) mass is 422 g/mol. The lowest BCUT2D eigenvalue weighted by atomic mass is 10.0. The summed E-state index contributed by atoms with van der Waals surface area (Å²) in [5.41, 5.74) is 13.5. The summed E-state index contributed by atoms with van der Waals surface area (Å²) in [4.78, 5) is 32.9. The number of thiazole rings is 1. The fraction of sp³-hybridized carbons (Fsp3) is 0.143. The van der Waals surface area contributed by atoms with Crippen LogP contribution in [0.25, 0.3) is 10.4 Å². The molecule has 5 N–H and O–H groups in total. The molecule has 0 aliphatic rings. The quantitative estimate of drug-likeness (QED) is 0.389. The second-order valence-electron chi connectivity index (χ2n) is 6.54. The van der Waals surface area contributed by atoms with Gasteiger partial charge in [-0.15, -0.1) is 0 Å². The molecule has 0 saturated carbocycles. The Morgan fingerprint density at radius 2 is 1.80 bits per heavy atom. The standard InChI is InChI=1S/C21H21N5O3S/c1-12-18(30-21(24-12)26-20(22)23)14-7-9-15(10-8-14)19(29)25-16(11-17(27)28)13-5-3-2-4-6-13/h2-10,16H,11H2,1H3,(H,25,29)(H,27,28)(H4,22,23,24,26)/p-1. The second kappa shape index (κ2) is 9.19. The van der Waals surface area contributed by atoms with E-state index in [-0.39, 0.29) is 18.3 Å². The molecule has 3 rings (SSSR count). The van der Waals surface area contributed by atoms with E-state index in [1.165, 1.54) is 11.3 Å². The lowest BCUT2D eigenvalue weighted by Crippen LogP contribution is -2.34. The first-order valence-electron chi connectivity index (χ1n) is 9.06. The Morgan fingerprint density at radius 1 is 1.13 bits per heavy atom. The largest absolute Gasteiger partial charge is 0.550 e. The van der Waals surface area contributed by atoms with Crippen LogP contribution in [0.5, 0.6) is 0 Å². The summed E-state index contributed by atoms with van der Waals surface area (Å²) in [5.74, 6) is -1.68. The molecule has 9 heteroatoms. The molecule has 154 valence electrons. The minimum absolute atomic E-state index is 0.0631. The summed E-state index contributed by atoms with van der Waals surface area (Å²) >= 11 is 1.34. The van der Waals surface area contributed by atoms with Crippen molar-refractivity contribution in [1.29, 1.82) is 0 Å². The lowest BCUT2D eigenvalue weighted by Gasteiger charge is -2.20. The van der Waals surface area contributed by atoms with Gasteiger partial charge in [-0.1, -0.05) is 53.8 Å². The molecule has 2 aromatic carbocycles. The van der Waals surface area contributed by atoms with Gasteiger partial charge in [-0.2, -0.15) is 4.99 Å². The van der Waals surface area contributed by atoms with Crippen LogP contribution in [0.2, 0.25) is 0 Å². The number of hydrogen-bond donors (Lipinski definition) is 3. The molecule has 0 bridgehead atoms. The number of nitrogens with zero attached hydrogens (tertiary/aromatic N) is 2. The molecule has 0 fully saturated rings. The maximum atomic E-state index is 12.7. The van der Waals surface area contributed by atoms with Gasteiger partial charge < -0.3 is 26.7 Å². The molecule has 0 spiro atoms. The number of amides is 1. The minimum Gasteiger partial charge on any atom is -0.550 e. The van der Waals surface area contributed by atoms with Crippen LogP contribution in [-0.4, -0.2) is 22.8 Å². The van der Waals surface area contributed by atoms with E-state index in [0.717, 1.165) is 16.1 Å². The van der Waals surface area contributed by atoms with Gasteiger partial charge in [-0.25, -0.2) is 4.98 Å². The Bertz CT molecular complexity index is 1070. The van der Waals surface area contributed by atoms with Crippen LogP contribution in [0.4, 0.5) is 5.13 Å². The number of carboxylic acids is 1. The average Bonchev–Trinajstić information content (AvgIpc) is 3.07. The highest BCUT2D eigenvalue weighted by Gasteiger charge is 2.17. The Balaban J connectivity index is 1.78. The predicted octanol–water partition coefficient (Wildman–Crippen LogP) is 1.63. The summed E-state index contributed by atoms with van der Waals surface area (Å²) in [5, 5.41) is 14.3. The fourth-order valence-electron chi connectivity index (χ4n) is 2.93. The van der Waals surface area contributed by atoms with Gasteiger partial charge in [0.25, 0.3) is 5.91 Å². The molecule has 1 aromatic heterocycles.